The molecule has 0 spiro atoms. The molecule has 106 valence electrons. The van der Waals surface area contributed by atoms with Crippen LogP contribution in [-0.4, -0.2) is 11.6 Å². The van der Waals surface area contributed by atoms with Crippen LogP contribution in [0.25, 0.3) is 0 Å². The van der Waals surface area contributed by atoms with E-state index >= 15 is 0 Å². The van der Waals surface area contributed by atoms with E-state index in [-0.39, 0.29) is 11.6 Å². The molecular weight excluding hydrogens is 262 g/mol. The zero-order valence-corrected chi connectivity index (χ0v) is 12.1. The van der Waals surface area contributed by atoms with E-state index in [1.807, 2.05) is 37.3 Å². The highest BCUT2D eigenvalue weighted by Gasteiger charge is 2.08. The zero-order valence-electron chi connectivity index (χ0n) is 12.1. The zero-order chi connectivity index (χ0) is 15.2. The van der Waals surface area contributed by atoms with Gasteiger partial charge in [-0.1, -0.05) is 42.5 Å². The highest BCUT2D eigenvalue weighted by atomic mass is 16.1. The van der Waals surface area contributed by atoms with Gasteiger partial charge in [-0.25, -0.2) is 0 Å². The van der Waals surface area contributed by atoms with Crippen LogP contribution >= 0.6 is 0 Å². The van der Waals surface area contributed by atoms with Gasteiger partial charge in [0, 0.05) is 22.5 Å². The Morgan fingerprint density at radius 3 is 2.24 bits per heavy atom. The fourth-order valence-corrected chi connectivity index (χ4v) is 2.06. The van der Waals surface area contributed by atoms with E-state index in [9.17, 15) is 9.59 Å². The van der Waals surface area contributed by atoms with Gasteiger partial charge >= 0.3 is 0 Å². The van der Waals surface area contributed by atoms with Crippen molar-refractivity contribution in [3.8, 4) is 0 Å². The van der Waals surface area contributed by atoms with Crippen LogP contribution in [0.4, 0.5) is 5.69 Å². The number of hydrogen-bond donors (Lipinski definition) is 1. The lowest BCUT2D eigenvalue weighted by atomic mass is 10.0. The van der Waals surface area contributed by atoms with Gasteiger partial charge in [0.05, 0.1) is 0 Å². The third-order valence-electron chi connectivity index (χ3n) is 2.92. The number of nitrogens with one attached hydrogen (secondary N) is 1. The molecule has 1 N–H and O–H groups in total. The second kappa shape index (κ2) is 6.66. The molecule has 2 rings (SSSR count). The highest BCUT2D eigenvalue weighted by Crippen LogP contribution is 2.16. The number of rotatable bonds is 5. The summed E-state index contributed by atoms with van der Waals surface area (Å²) < 4.78 is 0. The molecule has 0 radical (unpaired) electrons. The van der Waals surface area contributed by atoms with Crippen LogP contribution in [0, 0.1) is 0 Å². The standard InChI is InChI=1S/C18H17NO2/c1-13(11-14(2)20)19-17-10-6-9-16(12-17)18(21)15-7-4-3-5-8-15/h3-12,19H,1-2H3/b13-11+. The number of anilines is 1. The van der Waals surface area contributed by atoms with E-state index < -0.39 is 0 Å². The highest BCUT2D eigenvalue weighted by molar-refractivity contribution is 6.09. The van der Waals surface area contributed by atoms with Gasteiger partial charge in [0.1, 0.15) is 0 Å². The number of allylic oxidation sites excluding steroid dienone is 2. The first-order valence-corrected chi connectivity index (χ1v) is 6.72. The Morgan fingerprint density at radius 1 is 0.905 bits per heavy atom. The third kappa shape index (κ3) is 4.14. The molecule has 0 aliphatic rings. The van der Waals surface area contributed by atoms with Gasteiger partial charge in [0.2, 0.25) is 0 Å². The van der Waals surface area contributed by atoms with Crippen LogP contribution in [-0.2, 0) is 4.79 Å². The lowest BCUT2D eigenvalue weighted by molar-refractivity contribution is -0.112. The number of benzene rings is 2. The summed E-state index contributed by atoms with van der Waals surface area (Å²) in [5.74, 6) is -0.0380. The molecule has 0 saturated carbocycles. The Labute approximate surface area is 124 Å². The number of hydrogen-bond acceptors (Lipinski definition) is 3. The van der Waals surface area contributed by atoms with E-state index in [2.05, 4.69) is 5.32 Å². The van der Waals surface area contributed by atoms with E-state index in [4.69, 9.17) is 0 Å². The van der Waals surface area contributed by atoms with Crippen LogP contribution in [0.15, 0.2) is 66.4 Å². The molecule has 0 fully saturated rings. The minimum atomic E-state index is -0.0209. The van der Waals surface area contributed by atoms with E-state index in [1.54, 1.807) is 24.3 Å². The van der Waals surface area contributed by atoms with Crippen LogP contribution in [0.3, 0.4) is 0 Å². The number of carbonyl (C=O) groups is 2. The molecule has 0 amide bonds. The third-order valence-corrected chi connectivity index (χ3v) is 2.92. The molecule has 0 saturated heterocycles. The predicted molar refractivity (Wildman–Crippen MR) is 84.4 cm³/mol. The van der Waals surface area contributed by atoms with Gasteiger partial charge in [-0.3, -0.25) is 9.59 Å². The Balaban J connectivity index is 2.22. The molecule has 0 heterocycles. The van der Waals surface area contributed by atoms with Crippen LogP contribution < -0.4 is 5.32 Å². The first-order valence-electron chi connectivity index (χ1n) is 6.72. The molecule has 0 aliphatic carbocycles. The van der Waals surface area contributed by atoms with Crippen molar-refractivity contribution in [3.63, 3.8) is 0 Å². The Hall–Kier alpha value is -2.68. The maximum atomic E-state index is 12.4. The fourth-order valence-electron chi connectivity index (χ4n) is 2.06. The normalized spacial score (nSPS) is 11.0. The average molecular weight is 279 g/mol. The Morgan fingerprint density at radius 2 is 1.57 bits per heavy atom. The minimum absolute atomic E-state index is 0.0171. The maximum absolute atomic E-state index is 12.4. The van der Waals surface area contributed by atoms with E-state index in [0.717, 1.165) is 11.4 Å². The monoisotopic (exact) mass is 279 g/mol. The van der Waals surface area contributed by atoms with Crippen molar-refractivity contribution < 1.29 is 9.59 Å². The van der Waals surface area contributed by atoms with Crippen molar-refractivity contribution in [3.05, 3.63) is 77.5 Å². The lowest BCUT2D eigenvalue weighted by Crippen LogP contribution is -2.03. The summed E-state index contributed by atoms with van der Waals surface area (Å²) in [6, 6.07) is 16.4. The molecule has 0 bridgehead atoms. The summed E-state index contributed by atoms with van der Waals surface area (Å²) in [6.45, 7) is 3.31. The molecule has 0 atom stereocenters. The second-order valence-electron chi connectivity index (χ2n) is 4.84. The first kappa shape index (κ1) is 14.7. The number of ketones is 2. The number of carbonyl (C=O) groups excluding carboxylic acids is 2. The van der Waals surface area contributed by atoms with Gasteiger partial charge < -0.3 is 5.32 Å². The summed E-state index contributed by atoms with van der Waals surface area (Å²) in [6.07, 6.45) is 1.52. The van der Waals surface area contributed by atoms with Gasteiger partial charge in [-0.05, 0) is 32.1 Å². The van der Waals surface area contributed by atoms with Crippen molar-refractivity contribution in [2.24, 2.45) is 0 Å². The Bertz CT molecular complexity index is 687. The van der Waals surface area contributed by atoms with Gasteiger partial charge in [0.25, 0.3) is 0 Å². The van der Waals surface area contributed by atoms with Gasteiger partial charge in [-0.15, -0.1) is 0 Å². The van der Waals surface area contributed by atoms with Crippen LogP contribution in [0.5, 0.6) is 0 Å². The quantitative estimate of drug-likeness (QED) is 0.668. The largest absolute Gasteiger partial charge is 0.359 e. The molecule has 0 aromatic heterocycles. The maximum Gasteiger partial charge on any atom is 0.193 e. The summed E-state index contributed by atoms with van der Waals surface area (Å²) in [7, 11) is 0. The molecule has 2 aromatic rings. The molecule has 3 nitrogen and oxygen atoms in total. The summed E-state index contributed by atoms with van der Waals surface area (Å²) in [5.41, 5.74) is 2.80. The Kier molecular flexibility index (Phi) is 4.67. The smallest absolute Gasteiger partial charge is 0.193 e. The van der Waals surface area contributed by atoms with E-state index in [0.29, 0.717) is 11.1 Å². The van der Waals surface area contributed by atoms with Gasteiger partial charge in [0.15, 0.2) is 11.6 Å². The fraction of sp³-hybridized carbons (Fsp3) is 0.111. The molecule has 2 aromatic carbocycles. The van der Waals surface area contributed by atoms with Gasteiger partial charge in [-0.2, -0.15) is 0 Å². The lowest BCUT2D eigenvalue weighted by Gasteiger charge is -2.08. The first-order chi connectivity index (χ1) is 10.1. The summed E-state index contributed by atoms with van der Waals surface area (Å²) in [4.78, 5) is 23.4. The summed E-state index contributed by atoms with van der Waals surface area (Å²) in [5, 5.41) is 3.11. The van der Waals surface area contributed by atoms with E-state index in [1.165, 1.54) is 13.0 Å². The summed E-state index contributed by atoms with van der Waals surface area (Å²) >= 11 is 0. The van der Waals surface area contributed by atoms with Crippen molar-refractivity contribution in [2.45, 2.75) is 13.8 Å². The second-order valence-corrected chi connectivity index (χ2v) is 4.84. The molecular formula is C18H17NO2. The molecule has 0 unspecified atom stereocenters. The van der Waals surface area contributed by atoms with Crippen molar-refractivity contribution >= 4 is 17.3 Å². The predicted octanol–water partition coefficient (Wildman–Crippen LogP) is 3.82. The molecule has 21 heavy (non-hydrogen) atoms. The van der Waals surface area contributed by atoms with Crippen LogP contribution in [0.2, 0.25) is 0 Å². The van der Waals surface area contributed by atoms with Crippen molar-refractivity contribution in [1.29, 1.82) is 0 Å². The topological polar surface area (TPSA) is 46.2 Å². The SMILES string of the molecule is CC(=O)/C=C(\C)Nc1cccc(C(=O)c2ccccc2)c1. The molecule has 0 aliphatic heterocycles. The average Bonchev–Trinajstić information content (AvgIpc) is 2.46. The van der Waals surface area contributed by atoms with Crippen LogP contribution in [0.1, 0.15) is 29.8 Å². The van der Waals surface area contributed by atoms with Crippen molar-refractivity contribution in [1.82, 2.24) is 0 Å². The molecule has 3 heteroatoms. The van der Waals surface area contributed by atoms with Crippen molar-refractivity contribution in [2.75, 3.05) is 5.32 Å². The minimum Gasteiger partial charge on any atom is -0.359 e.